The standard InChI is InChI=1S/C26H29NO2/c1-18-10-9-13-24(19(18)2)27-25(28)20(3)29-23-16-14-22(15-17-23)26(4,5)21-11-7-6-8-12-21/h6-17,20H,1-5H3,(H,27,28). The smallest absolute Gasteiger partial charge is 0.265 e. The summed E-state index contributed by atoms with van der Waals surface area (Å²) in [5.41, 5.74) is 5.39. The fraction of sp³-hybridized carbons (Fsp3) is 0.269. The summed E-state index contributed by atoms with van der Waals surface area (Å²) in [6.07, 6.45) is -0.595. The molecule has 0 bridgehead atoms. The molecule has 3 heteroatoms. The third-order valence-electron chi connectivity index (χ3n) is 5.62. The van der Waals surface area contributed by atoms with E-state index < -0.39 is 6.10 Å². The van der Waals surface area contributed by atoms with Crippen LogP contribution in [0.15, 0.2) is 72.8 Å². The van der Waals surface area contributed by atoms with E-state index in [2.05, 4.69) is 55.6 Å². The van der Waals surface area contributed by atoms with E-state index in [9.17, 15) is 4.79 Å². The summed E-state index contributed by atoms with van der Waals surface area (Å²) in [6.45, 7) is 10.2. The average molecular weight is 388 g/mol. The third kappa shape index (κ3) is 4.68. The van der Waals surface area contributed by atoms with E-state index >= 15 is 0 Å². The van der Waals surface area contributed by atoms with Crippen molar-refractivity contribution in [2.24, 2.45) is 0 Å². The maximum Gasteiger partial charge on any atom is 0.265 e. The predicted octanol–water partition coefficient (Wildman–Crippen LogP) is 6.04. The lowest BCUT2D eigenvalue weighted by Gasteiger charge is -2.26. The Morgan fingerprint density at radius 3 is 2.14 bits per heavy atom. The molecule has 1 atom stereocenters. The normalized spacial score (nSPS) is 12.3. The molecule has 29 heavy (non-hydrogen) atoms. The zero-order valence-corrected chi connectivity index (χ0v) is 17.8. The first-order chi connectivity index (χ1) is 13.8. The van der Waals surface area contributed by atoms with E-state index in [1.54, 1.807) is 6.92 Å². The molecule has 1 unspecified atom stereocenters. The summed E-state index contributed by atoms with van der Waals surface area (Å²) < 4.78 is 5.88. The highest BCUT2D eigenvalue weighted by Crippen LogP contribution is 2.32. The van der Waals surface area contributed by atoms with Crippen LogP contribution in [0.4, 0.5) is 5.69 Å². The number of hydrogen-bond donors (Lipinski definition) is 1. The van der Waals surface area contributed by atoms with Crippen LogP contribution in [0.5, 0.6) is 5.75 Å². The van der Waals surface area contributed by atoms with Gasteiger partial charge in [-0.15, -0.1) is 0 Å². The maximum atomic E-state index is 12.6. The first kappa shape index (κ1) is 20.7. The second-order valence-electron chi connectivity index (χ2n) is 8.01. The van der Waals surface area contributed by atoms with Crippen molar-refractivity contribution in [2.75, 3.05) is 5.32 Å². The summed E-state index contributed by atoms with van der Waals surface area (Å²) in [5, 5.41) is 2.96. The highest BCUT2D eigenvalue weighted by Gasteiger charge is 2.23. The molecule has 0 radical (unpaired) electrons. The van der Waals surface area contributed by atoms with Gasteiger partial charge in [0.25, 0.3) is 5.91 Å². The minimum Gasteiger partial charge on any atom is -0.481 e. The summed E-state index contributed by atoms with van der Waals surface area (Å²) in [4.78, 5) is 12.6. The molecule has 0 aliphatic rings. The number of benzene rings is 3. The quantitative estimate of drug-likeness (QED) is 0.560. The van der Waals surface area contributed by atoms with E-state index in [0.717, 1.165) is 16.8 Å². The summed E-state index contributed by atoms with van der Waals surface area (Å²) in [5.74, 6) is 0.522. The van der Waals surface area contributed by atoms with Gasteiger partial charge in [0.05, 0.1) is 0 Å². The van der Waals surface area contributed by atoms with Crippen molar-refractivity contribution in [3.8, 4) is 5.75 Å². The van der Waals surface area contributed by atoms with Gasteiger partial charge >= 0.3 is 0 Å². The van der Waals surface area contributed by atoms with Gasteiger partial charge in [-0.25, -0.2) is 0 Å². The number of nitrogens with one attached hydrogen (secondary N) is 1. The molecular formula is C26H29NO2. The molecule has 1 amide bonds. The number of ether oxygens (including phenoxy) is 1. The van der Waals surface area contributed by atoms with E-state index in [1.807, 2.05) is 50.2 Å². The second kappa shape index (κ2) is 8.52. The van der Waals surface area contributed by atoms with Crippen molar-refractivity contribution in [3.05, 3.63) is 95.1 Å². The molecule has 3 rings (SSSR count). The zero-order valence-electron chi connectivity index (χ0n) is 17.8. The number of rotatable bonds is 6. The van der Waals surface area contributed by atoms with Crippen molar-refractivity contribution < 1.29 is 9.53 Å². The molecule has 150 valence electrons. The number of hydrogen-bond acceptors (Lipinski definition) is 2. The van der Waals surface area contributed by atoms with Crippen LogP contribution in [0.1, 0.15) is 43.0 Å². The minimum absolute atomic E-state index is 0.106. The van der Waals surface area contributed by atoms with Crippen LogP contribution in [-0.4, -0.2) is 12.0 Å². The molecule has 3 aromatic carbocycles. The Morgan fingerprint density at radius 2 is 1.48 bits per heavy atom. The molecule has 3 aromatic rings. The van der Waals surface area contributed by atoms with Gasteiger partial charge in [-0.3, -0.25) is 4.79 Å². The summed E-state index contributed by atoms with van der Waals surface area (Å²) in [6, 6.07) is 24.3. The van der Waals surface area contributed by atoms with E-state index in [1.165, 1.54) is 11.1 Å². The Labute approximate surface area is 173 Å². The summed E-state index contributed by atoms with van der Waals surface area (Å²) >= 11 is 0. The Bertz CT molecular complexity index is 975. The zero-order chi connectivity index (χ0) is 21.0. The van der Waals surface area contributed by atoms with Crippen LogP contribution in [0.3, 0.4) is 0 Å². The van der Waals surface area contributed by atoms with Gasteiger partial charge < -0.3 is 10.1 Å². The number of amides is 1. The molecular weight excluding hydrogens is 358 g/mol. The van der Waals surface area contributed by atoms with Crippen LogP contribution < -0.4 is 10.1 Å². The molecule has 1 N–H and O–H groups in total. The number of carbonyl (C=O) groups is 1. The first-order valence-electron chi connectivity index (χ1n) is 9.99. The molecule has 0 aliphatic heterocycles. The number of aryl methyl sites for hydroxylation is 1. The number of carbonyl (C=O) groups excluding carboxylic acids is 1. The van der Waals surface area contributed by atoms with Gasteiger partial charge in [0.15, 0.2) is 6.10 Å². The third-order valence-corrected chi connectivity index (χ3v) is 5.62. The molecule has 0 aromatic heterocycles. The summed E-state index contributed by atoms with van der Waals surface area (Å²) in [7, 11) is 0. The lowest BCUT2D eigenvalue weighted by Crippen LogP contribution is -2.30. The molecule has 0 saturated heterocycles. The molecule has 0 heterocycles. The van der Waals surface area contributed by atoms with Crippen molar-refractivity contribution in [2.45, 2.75) is 46.1 Å². The highest BCUT2D eigenvalue weighted by molar-refractivity contribution is 5.94. The molecule has 0 saturated carbocycles. The second-order valence-corrected chi connectivity index (χ2v) is 8.01. The topological polar surface area (TPSA) is 38.3 Å². The van der Waals surface area contributed by atoms with Crippen LogP contribution in [0.25, 0.3) is 0 Å². The Kier molecular flexibility index (Phi) is 6.07. The first-order valence-corrected chi connectivity index (χ1v) is 9.99. The van der Waals surface area contributed by atoms with E-state index in [0.29, 0.717) is 5.75 Å². The highest BCUT2D eigenvalue weighted by atomic mass is 16.5. The van der Waals surface area contributed by atoms with Crippen molar-refractivity contribution in [3.63, 3.8) is 0 Å². The van der Waals surface area contributed by atoms with Crippen molar-refractivity contribution >= 4 is 11.6 Å². The Morgan fingerprint density at radius 1 is 0.862 bits per heavy atom. The number of anilines is 1. The average Bonchev–Trinajstić information content (AvgIpc) is 2.72. The van der Waals surface area contributed by atoms with E-state index in [-0.39, 0.29) is 11.3 Å². The molecule has 3 nitrogen and oxygen atoms in total. The van der Waals surface area contributed by atoms with Gasteiger partial charge in [0.1, 0.15) is 5.75 Å². The Hall–Kier alpha value is -3.07. The molecule has 0 fully saturated rings. The van der Waals surface area contributed by atoms with Crippen LogP contribution >= 0.6 is 0 Å². The maximum absolute atomic E-state index is 12.6. The van der Waals surface area contributed by atoms with Gasteiger partial charge in [-0.1, -0.05) is 68.4 Å². The monoisotopic (exact) mass is 387 g/mol. The van der Waals surface area contributed by atoms with Crippen LogP contribution in [0.2, 0.25) is 0 Å². The van der Waals surface area contributed by atoms with Gasteiger partial charge in [-0.05, 0) is 61.2 Å². The van der Waals surface area contributed by atoms with Gasteiger partial charge in [0.2, 0.25) is 0 Å². The van der Waals surface area contributed by atoms with Crippen molar-refractivity contribution in [1.29, 1.82) is 0 Å². The van der Waals surface area contributed by atoms with Crippen LogP contribution in [0, 0.1) is 13.8 Å². The predicted molar refractivity (Wildman–Crippen MR) is 120 cm³/mol. The van der Waals surface area contributed by atoms with Crippen molar-refractivity contribution in [1.82, 2.24) is 0 Å². The largest absolute Gasteiger partial charge is 0.481 e. The van der Waals surface area contributed by atoms with E-state index in [4.69, 9.17) is 4.74 Å². The van der Waals surface area contributed by atoms with Gasteiger partial charge in [-0.2, -0.15) is 0 Å². The fourth-order valence-corrected chi connectivity index (χ4v) is 3.35. The fourth-order valence-electron chi connectivity index (χ4n) is 3.35. The minimum atomic E-state index is -0.595. The SMILES string of the molecule is Cc1cccc(NC(=O)C(C)Oc2ccc(C(C)(C)c3ccccc3)cc2)c1C. The van der Waals surface area contributed by atoms with Gasteiger partial charge in [0, 0.05) is 11.1 Å². The lowest BCUT2D eigenvalue weighted by atomic mass is 9.78. The molecule has 0 spiro atoms. The Balaban J connectivity index is 1.67. The van der Waals surface area contributed by atoms with Crippen LogP contribution in [-0.2, 0) is 10.2 Å². The molecule has 0 aliphatic carbocycles. The lowest BCUT2D eigenvalue weighted by molar-refractivity contribution is -0.122.